The van der Waals surface area contributed by atoms with Gasteiger partial charge in [-0.3, -0.25) is 4.68 Å². The minimum atomic E-state index is -0.721. The molecule has 1 atom stereocenters. The van der Waals surface area contributed by atoms with Gasteiger partial charge in [-0.2, -0.15) is 5.10 Å². The third kappa shape index (κ3) is 2.16. The van der Waals surface area contributed by atoms with Gasteiger partial charge in [-0.15, -0.1) is 0 Å². The summed E-state index contributed by atoms with van der Waals surface area (Å²) in [4.78, 5) is 4.10. The van der Waals surface area contributed by atoms with Crippen LogP contribution in [0.15, 0.2) is 18.5 Å². The number of aliphatic hydroxyl groups excluding tert-OH is 1. The fraction of sp³-hybridized carbons (Fsp3) is 0.385. The Labute approximate surface area is 115 Å². The number of aliphatic hydroxyl groups is 1. The number of aryl methyl sites for hydroxylation is 1. The molecule has 2 aromatic rings. The molecule has 7 nitrogen and oxygen atoms in total. The molecule has 1 aliphatic heterocycles. The van der Waals surface area contributed by atoms with Crippen molar-refractivity contribution in [1.29, 1.82) is 0 Å². The fourth-order valence-electron chi connectivity index (χ4n) is 2.14. The highest BCUT2D eigenvalue weighted by molar-refractivity contribution is 5.55. The summed E-state index contributed by atoms with van der Waals surface area (Å²) in [6, 6.07) is 3.50. The van der Waals surface area contributed by atoms with Crippen molar-refractivity contribution in [2.75, 3.05) is 13.9 Å². The topological polar surface area (TPSA) is 78.6 Å². The van der Waals surface area contributed by atoms with Crippen LogP contribution in [0.2, 0.25) is 0 Å². The maximum atomic E-state index is 10.3. The van der Waals surface area contributed by atoms with Gasteiger partial charge in [-0.05, 0) is 17.7 Å². The van der Waals surface area contributed by atoms with Crippen molar-refractivity contribution in [1.82, 2.24) is 14.8 Å². The number of benzene rings is 1. The monoisotopic (exact) mass is 277 g/mol. The summed E-state index contributed by atoms with van der Waals surface area (Å²) >= 11 is 0. The van der Waals surface area contributed by atoms with Crippen molar-refractivity contribution in [3.8, 4) is 17.2 Å². The second-order valence-electron chi connectivity index (χ2n) is 4.48. The molecule has 1 aliphatic rings. The smallest absolute Gasteiger partial charge is 0.231 e. The van der Waals surface area contributed by atoms with E-state index in [0.717, 1.165) is 0 Å². The number of nitrogens with zero attached hydrogens (tertiary/aromatic N) is 3. The molecule has 1 unspecified atom stereocenters. The molecule has 0 spiro atoms. The second kappa shape index (κ2) is 5.01. The quantitative estimate of drug-likeness (QED) is 0.891. The molecule has 0 amide bonds. The van der Waals surface area contributed by atoms with Crippen LogP contribution in [-0.2, 0) is 13.5 Å². The summed E-state index contributed by atoms with van der Waals surface area (Å²) in [5.41, 5.74) is 0.689. The lowest BCUT2D eigenvalue weighted by atomic mass is 10.0. The maximum absolute atomic E-state index is 10.3. The number of aromatic nitrogens is 3. The Morgan fingerprint density at radius 2 is 2.30 bits per heavy atom. The Kier molecular flexibility index (Phi) is 3.19. The van der Waals surface area contributed by atoms with E-state index in [1.807, 2.05) is 0 Å². The van der Waals surface area contributed by atoms with Crippen LogP contribution in [0, 0.1) is 0 Å². The molecule has 2 heterocycles. The predicted molar refractivity (Wildman–Crippen MR) is 68.8 cm³/mol. The van der Waals surface area contributed by atoms with Crippen molar-refractivity contribution in [2.24, 2.45) is 7.05 Å². The van der Waals surface area contributed by atoms with Crippen LogP contribution in [0.25, 0.3) is 0 Å². The van der Waals surface area contributed by atoms with Gasteiger partial charge < -0.3 is 19.3 Å². The number of rotatable bonds is 4. The van der Waals surface area contributed by atoms with Crippen LogP contribution in [0.5, 0.6) is 17.2 Å². The van der Waals surface area contributed by atoms with Gasteiger partial charge in [-0.1, -0.05) is 0 Å². The normalized spacial score (nSPS) is 14.3. The van der Waals surface area contributed by atoms with Gasteiger partial charge in [0.15, 0.2) is 11.5 Å². The first-order valence-electron chi connectivity index (χ1n) is 6.17. The molecule has 1 N–H and O–H groups in total. The summed E-state index contributed by atoms with van der Waals surface area (Å²) in [6.45, 7) is 0.161. The van der Waals surface area contributed by atoms with Crippen molar-refractivity contribution >= 4 is 0 Å². The number of fused-ring (bicyclic) bond motifs is 1. The van der Waals surface area contributed by atoms with E-state index < -0.39 is 6.10 Å². The zero-order valence-corrected chi connectivity index (χ0v) is 11.2. The van der Waals surface area contributed by atoms with Gasteiger partial charge >= 0.3 is 0 Å². The van der Waals surface area contributed by atoms with E-state index >= 15 is 0 Å². The first kappa shape index (κ1) is 12.7. The van der Waals surface area contributed by atoms with Crippen LogP contribution in [0.3, 0.4) is 0 Å². The van der Waals surface area contributed by atoms with Gasteiger partial charge in [0.25, 0.3) is 0 Å². The molecule has 3 rings (SSSR count). The highest BCUT2D eigenvalue weighted by atomic mass is 16.7. The minimum absolute atomic E-state index is 0.161. The lowest BCUT2D eigenvalue weighted by molar-refractivity contribution is 0.169. The van der Waals surface area contributed by atoms with Gasteiger partial charge in [0.05, 0.1) is 13.2 Å². The molecule has 0 bridgehead atoms. The standard InChI is InChI=1S/C13H15N3O4/c1-16-12(14-6-15-16)5-9(17)8-3-10(18-2)13-11(4-8)19-7-20-13/h3-4,6,9,17H,5,7H2,1-2H3. The number of hydrogen-bond acceptors (Lipinski definition) is 6. The third-order valence-corrected chi connectivity index (χ3v) is 3.25. The van der Waals surface area contributed by atoms with E-state index in [2.05, 4.69) is 10.1 Å². The molecular weight excluding hydrogens is 262 g/mol. The van der Waals surface area contributed by atoms with Crippen molar-refractivity contribution < 1.29 is 19.3 Å². The van der Waals surface area contributed by atoms with E-state index in [-0.39, 0.29) is 6.79 Å². The molecule has 0 aliphatic carbocycles. The molecule has 1 aromatic carbocycles. The average molecular weight is 277 g/mol. The van der Waals surface area contributed by atoms with Gasteiger partial charge in [0.2, 0.25) is 12.5 Å². The molecule has 0 saturated carbocycles. The van der Waals surface area contributed by atoms with Crippen molar-refractivity contribution in [2.45, 2.75) is 12.5 Å². The van der Waals surface area contributed by atoms with Crippen LogP contribution in [0.4, 0.5) is 0 Å². The Balaban J connectivity index is 1.88. The van der Waals surface area contributed by atoms with E-state index in [1.165, 1.54) is 6.33 Å². The second-order valence-corrected chi connectivity index (χ2v) is 4.48. The number of hydrogen-bond donors (Lipinski definition) is 1. The van der Waals surface area contributed by atoms with Crippen molar-refractivity contribution in [3.63, 3.8) is 0 Å². The lowest BCUT2D eigenvalue weighted by Gasteiger charge is -2.13. The van der Waals surface area contributed by atoms with Crippen LogP contribution in [0.1, 0.15) is 17.5 Å². The third-order valence-electron chi connectivity index (χ3n) is 3.25. The largest absolute Gasteiger partial charge is 0.493 e. The van der Waals surface area contributed by atoms with E-state index in [4.69, 9.17) is 14.2 Å². The first-order chi connectivity index (χ1) is 9.69. The Morgan fingerprint density at radius 1 is 1.45 bits per heavy atom. The molecular formula is C13H15N3O4. The average Bonchev–Trinajstić information content (AvgIpc) is 3.07. The predicted octanol–water partition coefficient (Wildman–Crippen LogP) is 0.828. The van der Waals surface area contributed by atoms with E-state index in [1.54, 1.807) is 31.0 Å². The zero-order valence-electron chi connectivity index (χ0n) is 11.2. The summed E-state index contributed by atoms with van der Waals surface area (Å²) in [6.07, 6.45) is 1.10. The number of ether oxygens (including phenoxy) is 3. The molecule has 1 aromatic heterocycles. The summed E-state index contributed by atoms with van der Waals surface area (Å²) in [5.74, 6) is 2.40. The van der Waals surface area contributed by atoms with Gasteiger partial charge in [0.1, 0.15) is 12.2 Å². The molecule has 0 fully saturated rings. The molecule has 106 valence electrons. The SMILES string of the molecule is COc1cc(C(O)Cc2ncnn2C)cc2c1OCO2. The highest BCUT2D eigenvalue weighted by Gasteiger charge is 2.23. The Morgan fingerprint density at radius 3 is 3.00 bits per heavy atom. The minimum Gasteiger partial charge on any atom is -0.493 e. The molecule has 0 saturated heterocycles. The number of methoxy groups -OCH3 is 1. The Bertz CT molecular complexity index is 626. The lowest BCUT2D eigenvalue weighted by Crippen LogP contribution is -2.08. The van der Waals surface area contributed by atoms with Crippen LogP contribution < -0.4 is 14.2 Å². The zero-order chi connectivity index (χ0) is 14.1. The van der Waals surface area contributed by atoms with Crippen LogP contribution in [-0.4, -0.2) is 33.8 Å². The van der Waals surface area contributed by atoms with Crippen LogP contribution >= 0.6 is 0 Å². The van der Waals surface area contributed by atoms with Gasteiger partial charge in [0, 0.05) is 13.5 Å². The molecule has 7 heteroatoms. The molecule has 0 radical (unpaired) electrons. The Hall–Kier alpha value is -2.28. The van der Waals surface area contributed by atoms with Crippen molar-refractivity contribution in [3.05, 3.63) is 29.8 Å². The summed E-state index contributed by atoms with van der Waals surface area (Å²) in [7, 11) is 3.34. The fourth-order valence-corrected chi connectivity index (χ4v) is 2.14. The summed E-state index contributed by atoms with van der Waals surface area (Å²) in [5, 5.41) is 14.3. The van der Waals surface area contributed by atoms with E-state index in [0.29, 0.717) is 35.1 Å². The first-order valence-corrected chi connectivity index (χ1v) is 6.17. The maximum Gasteiger partial charge on any atom is 0.231 e. The summed E-state index contributed by atoms with van der Waals surface area (Å²) < 4.78 is 17.6. The van der Waals surface area contributed by atoms with Gasteiger partial charge in [-0.25, -0.2) is 4.98 Å². The molecule has 20 heavy (non-hydrogen) atoms. The van der Waals surface area contributed by atoms with E-state index in [9.17, 15) is 5.11 Å². The highest BCUT2D eigenvalue weighted by Crippen LogP contribution is 2.43.